The molecule has 3 aromatic rings. The van der Waals surface area contributed by atoms with Crippen LogP contribution >= 0.6 is 39.1 Å². The van der Waals surface area contributed by atoms with E-state index in [0.717, 1.165) is 16.1 Å². The zero-order valence-electron chi connectivity index (χ0n) is 21.6. The summed E-state index contributed by atoms with van der Waals surface area (Å²) < 4.78 is 27.3. The second-order valence-electron chi connectivity index (χ2n) is 8.97. The first-order valence-electron chi connectivity index (χ1n) is 12.3. The van der Waals surface area contributed by atoms with Gasteiger partial charge < -0.3 is 10.2 Å². The SMILES string of the molecule is CCCNC(=O)C(Cc1ccccc1)N(Cc1c(Cl)cccc1Cl)C(=O)CN(c1cccc(Br)c1)S(C)(=O)=O. The first kappa shape index (κ1) is 30.9. The number of anilines is 1. The van der Waals surface area contributed by atoms with E-state index in [4.69, 9.17) is 23.2 Å². The molecule has 7 nitrogen and oxygen atoms in total. The second kappa shape index (κ2) is 14.2. The van der Waals surface area contributed by atoms with E-state index in [1.807, 2.05) is 37.3 Å². The normalized spacial score (nSPS) is 12.0. The van der Waals surface area contributed by atoms with E-state index in [-0.39, 0.29) is 18.9 Å². The largest absolute Gasteiger partial charge is 0.354 e. The van der Waals surface area contributed by atoms with Crippen LogP contribution in [0.1, 0.15) is 24.5 Å². The number of sulfonamides is 1. The number of carbonyl (C=O) groups is 2. The average Bonchev–Trinajstić information content (AvgIpc) is 2.89. The fraction of sp³-hybridized carbons (Fsp3) is 0.286. The van der Waals surface area contributed by atoms with Crippen molar-refractivity contribution >= 4 is 66.7 Å². The Morgan fingerprint density at radius 1 is 0.974 bits per heavy atom. The van der Waals surface area contributed by atoms with E-state index in [1.54, 1.807) is 42.5 Å². The molecule has 3 aromatic carbocycles. The molecular weight excluding hydrogens is 625 g/mol. The van der Waals surface area contributed by atoms with Gasteiger partial charge in [0.25, 0.3) is 0 Å². The monoisotopic (exact) mass is 653 g/mol. The molecule has 0 bridgehead atoms. The third kappa shape index (κ3) is 8.70. The van der Waals surface area contributed by atoms with E-state index < -0.39 is 28.5 Å². The minimum absolute atomic E-state index is 0.0928. The maximum atomic E-state index is 14.0. The van der Waals surface area contributed by atoms with Gasteiger partial charge in [-0.05, 0) is 42.3 Å². The quantitative estimate of drug-likeness (QED) is 0.272. The van der Waals surface area contributed by atoms with Crippen molar-refractivity contribution in [2.75, 3.05) is 23.7 Å². The zero-order chi connectivity index (χ0) is 28.6. The van der Waals surface area contributed by atoms with Crippen molar-refractivity contribution in [3.63, 3.8) is 0 Å². The lowest BCUT2D eigenvalue weighted by Crippen LogP contribution is -2.53. The molecule has 0 saturated heterocycles. The minimum atomic E-state index is -3.86. The zero-order valence-corrected chi connectivity index (χ0v) is 25.5. The van der Waals surface area contributed by atoms with Crippen LogP contribution < -0.4 is 9.62 Å². The van der Waals surface area contributed by atoms with Crippen LogP contribution in [0.2, 0.25) is 10.0 Å². The molecule has 1 N–H and O–H groups in total. The van der Waals surface area contributed by atoms with Gasteiger partial charge >= 0.3 is 0 Å². The van der Waals surface area contributed by atoms with Crippen LogP contribution in [-0.2, 0) is 32.6 Å². The number of hydrogen-bond donors (Lipinski definition) is 1. The molecular formula is C28H30BrCl2N3O4S. The molecule has 0 spiro atoms. The van der Waals surface area contributed by atoms with E-state index in [0.29, 0.717) is 38.7 Å². The van der Waals surface area contributed by atoms with Crippen LogP contribution in [0.15, 0.2) is 77.3 Å². The molecule has 0 heterocycles. The van der Waals surface area contributed by atoms with Crippen molar-refractivity contribution in [1.29, 1.82) is 0 Å². The molecule has 0 radical (unpaired) electrons. The lowest BCUT2D eigenvalue weighted by atomic mass is 10.0. The smallest absolute Gasteiger partial charge is 0.244 e. The van der Waals surface area contributed by atoms with Gasteiger partial charge in [-0.2, -0.15) is 0 Å². The van der Waals surface area contributed by atoms with E-state index in [1.165, 1.54) is 4.90 Å². The van der Waals surface area contributed by atoms with Crippen molar-refractivity contribution in [3.8, 4) is 0 Å². The van der Waals surface area contributed by atoms with E-state index in [9.17, 15) is 18.0 Å². The maximum absolute atomic E-state index is 14.0. The summed E-state index contributed by atoms with van der Waals surface area (Å²) in [5.74, 6) is -0.936. The van der Waals surface area contributed by atoms with Gasteiger partial charge in [-0.3, -0.25) is 13.9 Å². The number of amides is 2. The second-order valence-corrected chi connectivity index (χ2v) is 12.6. The van der Waals surface area contributed by atoms with Crippen LogP contribution in [0, 0.1) is 0 Å². The Kier molecular flexibility index (Phi) is 11.2. The molecule has 2 amide bonds. The molecule has 0 aliphatic carbocycles. The Morgan fingerprint density at radius 2 is 1.62 bits per heavy atom. The molecule has 208 valence electrons. The van der Waals surface area contributed by atoms with Crippen LogP contribution in [0.5, 0.6) is 0 Å². The van der Waals surface area contributed by atoms with Gasteiger partial charge in [-0.15, -0.1) is 0 Å². The van der Waals surface area contributed by atoms with Gasteiger partial charge in [0, 0.05) is 39.6 Å². The molecule has 11 heteroatoms. The minimum Gasteiger partial charge on any atom is -0.354 e. The summed E-state index contributed by atoms with van der Waals surface area (Å²) in [4.78, 5) is 28.9. The predicted molar refractivity (Wildman–Crippen MR) is 161 cm³/mol. The summed E-state index contributed by atoms with van der Waals surface area (Å²) in [5, 5.41) is 3.55. The standard InChI is InChI=1S/C28H30BrCl2N3O4S/c1-3-15-32-28(36)26(16-20-9-5-4-6-10-20)33(18-23-24(30)13-8-14-25(23)31)27(35)19-34(39(2,37)38)22-12-7-11-21(29)17-22/h4-14,17,26H,3,15-16,18-19H2,1-2H3,(H,32,36). The Hall–Kier alpha value is -2.59. The lowest BCUT2D eigenvalue weighted by molar-refractivity contribution is -0.140. The number of nitrogens with one attached hydrogen (secondary N) is 1. The molecule has 1 atom stereocenters. The molecule has 3 rings (SSSR count). The highest BCUT2D eigenvalue weighted by Crippen LogP contribution is 2.28. The summed E-state index contributed by atoms with van der Waals surface area (Å²) in [5.41, 5.74) is 1.61. The van der Waals surface area contributed by atoms with Crippen molar-refractivity contribution in [1.82, 2.24) is 10.2 Å². The molecule has 0 aromatic heterocycles. The highest BCUT2D eigenvalue weighted by molar-refractivity contribution is 9.10. The van der Waals surface area contributed by atoms with E-state index >= 15 is 0 Å². The van der Waals surface area contributed by atoms with Crippen LogP contribution in [0.3, 0.4) is 0 Å². The molecule has 0 aliphatic heterocycles. The predicted octanol–water partition coefficient (Wildman–Crippen LogP) is 5.69. The first-order valence-corrected chi connectivity index (χ1v) is 15.7. The molecule has 0 saturated carbocycles. The fourth-order valence-corrected chi connectivity index (χ4v) is 5.76. The van der Waals surface area contributed by atoms with Gasteiger partial charge in [0.1, 0.15) is 12.6 Å². The third-order valence-electron chi connectivity index (χ3n) is 5.99. The van der Waals surface area contributed by atoms with Gasteiger partial charge in [0.2, 0.25) is 21.8 Å². The topological polar surface area (TPSA) is 86.8 Å². The number of benzene rings is 3. The Labute approximate surface area is 248 Å². The van der Waals surface area contributed by atoms with Gasteiger partial charge in [0.15, 0.2) is 0 Å². The summed E-state index contributed by atoms with van der Waals surface area (Å²) in [6.45, 7) is 1.74. The summed E-state index contributed by atoms with van der Waals surface area (Å²) in [6, 6.07) is 20.0. The van der Waals surface area contributed by atoms with Crippen LogP contribution in [0.25, 0.3) is 0 Å². The molecule has 1 unspecified atom stereocenters. The number of halogens is 3. The average molecular weight is 655 g/mol. The van der Waals surface area contributed by atoms with Gasteiger partial charge in [0.05, 0.1) is 11.9 Å². The Bertz CT molecular complexity index is 1390. The van der Waals surface area contributed by atoms with E-state index in [2.05, 4.69) is 21.2 Å². The Balaban J connectivity index is 2.09. The van der Waals surface area contributed by atoms with Crippen molar-refractivity contribution < 1.29 is 18.0 Å². The number of rotatable bonds is 12. The molecule has 0 aliphatic rings. The third-order valence-corrected chi connectivity index (χ3v) is 8.33. The highest BCUT2D eigenvalue weighted by Gasteiger charge is 2.33. The summed E-state index contributed by atoms with van der Waals surface area (Å²) in [7, 11) is -3.86. The Morgan fingerprint density at radius 3 is 2.21 bits per heavy atom. The highest BCUT2D eigenvalue weighted by atomic mass is 79.9. The summed E-state index contributed by atoms with van der Waals surface area (Å²) >= 11 is 16.3. The first-order chi connectivity index (χ1) is 18.5. The lowest BCUT2D eigenvalue weighted by Gasteiger charge is -2.34. The molecule has 39 heavy (non-hydrogen) atoms. The number of hydrogen-bond acceptors (Lipinski definition) is 4. The van der Waals surface area contributed by atoms with Crippen molar-refractivity contribution in [2.45, 2.75) is 32.4 Å². The fourth-order valence-electron chi connectivity index (χ4n) is 4.02. The number of nitrogens with zero attached hydrogens (tertiary/aromatic N) is 2. The maximum Gasteiger partial charge on any atom is 0.244 e. The summed E-state index contributed by atoms with van der Waals surface area (Å²) in [6.07, 6.45) is 1.95. The number of carbonyl (C=O) groups excluding carboxylic acids is 2. The van der Waals surface area contributed by atoms with Crippen molar-refractivity contribution in [3.05, 3.63) is 98.4 Å². The van der Waals surface area contributed by atoms with Gasteiger partial charge in [-0.1, -0.05) is 88.5 Å². The van der Waals surface area contributed by atoms with Crippen LogP contribution in [-0.4, -0.2) is 50.5 Å². The van der Waals surface area contributed by atoms with Crippen molar-refractivity contribution in [2.24, 2.45) is 0 Å². The van der Waals surface area contributed by atoms with Crippen LogP contribution in [0.4, 0.5) is 5.69 Å². The molecule has 0 fully saturated rings. The van der Waals surface area contributed by atoms with Gasteiger partial charge in [-0.25, -0.2) is 8.42 Å².